The molecule has 68 valence electrons. The van der Waals surface area contributed by atoms with Crippen LogP contribution in [0.3, 0.4) is 0 Å². The lowest BCUT2D eigenvalue weighted by molar-refractivity contribution is 0.242. The van der Waals surface area contributed by atoms with Gasteiger partial charge < -0.3 is 5.32 Å². The van der Waals surface area contributed by atoms with Crippen molar-refractivity contribution < 1.29 is 0 Å². The summed E-state index contributed by atoms with van der Waals surface area (Å²) in [5.41, 5.74) is 0. The Bertz CT molecular complexity index is 171. The standard InChI is InChI=1S/C11H19N/c1-3-4-5-9-12-10(2)11-7-6-8-11/h10-12H,5-9H2,1-2H3. The highest BCUT2D eigenvalue weighted by molar-refractivity contribution is 4.95. The first kappa shape index (κ1) is 9.61. The van der Waals surface area contributed by atoms with Gasteiger partial charge in [0, 0.05) is 19.0 Å². The van der Waals surface area contributed by atoms with Gasteiger partial charge in [-0.2, -0.15) is 0 Å². The molecule has 0 heterocycles. The topological polar surface area (TPSA) is 12.0 Å². The lowest BCUT2D eigenvalue weighted by atomic mass is 9.80. The van der Waals surface area contributed by atoms with E-state index >= 15 is 0 Å². The maximum absolute atomic E-state index is 3.52. The Morgan fingerprint density at radius 3 is 2.75 bits per heavy atom. The summed E-state index contributed by atoms with van der Waals surface area (Å²) in [6.07, 6.45) is 5.28. The minimum Gasteiger partial charge on any atom is -0.313 e. The van der Waals surface area contributed by atoms with Crippen LogP contribution in [0.2, 0.25) is 0 Å². The second-order valence-corrected chi connectivity index (χ2v) is 3.61. The predicted molar refractivity (Wildman–Crippen MR) is 52.9 cm³/mol. The first-order valence-electron chi connectivity index (χ1n) is 4.97. The third-order valence-electron chi connectivity index (χ3n) is 2.75. The molecule has 0 aliphatic heterocycles. The molecule has 0 spiro atoms. The normalized spacial score (nSPS) is 19.2. The Morgan fingerprint density at radius 2 is 2.25 bits per heavy atom. The van der Waals surface area contributed by atoms with Gasteiger partial charge in [-0.1, -0.05) is 6.42 Å². The molecule has 12 heavy (non-hydrogen) atoms. The maximum atomic E-state index is 3.52. The molecular formula is C11H19N. The van der Waals surface area contributed by atoms with Crippen molar-refractivity contribution in [2.45, 2.75) is 45.6 Å². The Labute approximate surface area is 75.9 Å². The highest BCUT2D eigenvalue weighted by atomic mass is 14.9. The smallest absolute Gasteiger partial charge is 0.0214 e. The molecule has 1 heteroatoms. The Kier molecular flexibility index (Phi) is 4.18. The zero-order chi connectivity index (χ0) is 8.81. The van der Waals surface area contributed by atoms with Crippen molar-refractivity contribution in [3.05, 3.63) is 0 Å². The summed E-state index contributed by atoms with van der Waals surface area (Å²) < 4.78 is 0. The van der Waals surface area contributed by atoms with Crippen LogP contribution in [0, 0.1) is 17.8 Å². The van der Waals surface area contributed by atoms with Gasteiger partial charge in [0.1, 0.15) is 0 Å². The van der Waals surface area contributed by atoms with Gasteiger partial charge >= 0.3 is 0 Å². The van der Waals surface area contributed by atoms with Crippen molar-refractivity contribution >= 4 is 0 Å². The minimum atomic E-state index is 0.706. The van der Waals surface area contributed by atoms with E-state index in [1.165, 1.54) is 19.3 Å². The molecule has 1 rings (SSSR count). The van der Waals surface area contributed by atoms with Crippen molar-refractivity contribution in [2.24, 2.45) is 5.92 Å². The molecule has 0 amide bonds. The van der Waals surface area contributed by atoms with Crippen molar-refractivity contribution in [1.29, 1.82) is 0 Å². The van der Waals surface area contributed by atoms with Crippen molar-refractivity contribution in [3.63, 3.8) is 0 Å². The van der Waals surface area contributed by atoms with Crippen LogP contribution in [0.5, 0.6) is 0 Å². The number of rotatable bonds is 4. The Morgan fingerprint density at radius 1 is 1.50 bits per heavy atom. The SMILES string of the molecule is CC#CCCNC(C)C1CCC1. The molecule has 0 aromatic rings. The molecule has 0 aromatic heterocycles. The molecule has 1 atom stereocenters. The summed E-state index contributed by atoms with van der Waals surface area (Å²) in [4.78, 5) is 0. The van der Waals surface area contributed by atoms with Gasteiger partial charge in [-0.3, -0.25) is 0 Å². The van der Waals surface area contributed by atoms with Crippen LogP contribution >= 0.6 is 0 Å². The summed E-state index contributed by atoms with van der Waals surface area (Å²) in [7, 11) is 0. The minimum absolute atomic E-state index is 0.706. The third kappa shape index (κ3) is 2.87. The van der Waals surface area contributed by atoms with Crippen LogP contribution in [-0.2, 0) is 0 Å². The molecular weight excluding hydrogens is 146 g/mol. The molecule has 0 bridgehead atoms. The van der Waals surface area contributed by atoms with Crippen LogP contribution in [0.1, 0.15) is 39.5 Å². The fourth-order valence-corrected chi connectivity index (χ4v) is 1.59. The first-order valence-corrected chi connectivity index (χ1v) is 4.97. The summed E-state index contributed by atoms with van der Waals surface area (Å²) >= 11 is 0. The van der Waals surface area contributed by atoms with E-state index in [0.717, 1.165) is 18.9 Å². The third-order valence-corrected chi connectivity index (χ3v) is 2.75. The number of hydrogen-bond donors (Lipinski definition) is 1. The van der Waals surface area contributed by atoms with E-state index in [0.29, 0.717) is 6.04 Å². The Hall–Kier alpha value is -0.480. The van der Waals surface area contributed by atoms with Gasteiger partial charge in [-0.05, 0) is 32.6 Å². The molecule has 0 saturated heterocycles. The van der Waals surface area contributed by atoms with Gasteiger partial charge in [0.2, 0.25) is 0 Å². The summed E-state index contributed by atoms with van der Waals surface area (Å²) in [6, 6.07) is 0.706. The van der Waals surface area contributed by atoms with Crippen LogP contribution in [0.4, 0.5) is 0 Å². The lowest BCUT2D eigenvalue weighted by Gasteiger charge is -2.31. The molecule has 1 fully saturated rings. The molecule has 1 N–H and O–H groups in total. The molecule has 1 aliphatic rings. The average molecular weight is 165 g/mol. The van der Waals surface area contributed by atoms with Gasteiger partial charge in [-0.15, -0.1) is 11.8 Å². The van der Waals surface area contributed by atoms with E-state index in [9.17, 15) is 0 Å². The fourth-order valence-electron chi connectivity index (χ4n) is 1.59. The zero-order valence-corrected chi connectivity index (χ0v) is 8.19. The van der Waals surface area contributed by atoms with Gasteiger partial charge in [0.05, 0.1) is 0 Å². The van der Waals surface area contributed by atoms with E-state index in [1.54, 1.807) is 0 Å². The summed E-state index contributed by atoms with van der Waals surface area (Å²) in [5.74, 6) is 6.92. The second-order valence-electron chi connectivity index (χ2n) is 3.61. The first-order chi connectivity index (χ1) is 5.84. The fraction of sp³-hybridized carbons (Fsp3) is 0.818. The van der Waals surface area contributed by atoms with E-state index in [1.807, 2.05) is 6.92 Å². The number of hydrogen-bond acceptors (Lipinski definition) is 1. The van der Waals surface area contributed by atoms with E-state index in [2.05, 4.69) is 24.1 Å². The predicted octanol–water partition coefficient (Wildman–Crippen LogP) is 2.18. The van der Waals surface area contributed by atoms with E-state index in [4.69, 9.17) is 0 Å². The average Bonchev–Trinajstić information content (AvgIpc) is 1.95. The van der Waals surface area contributed by atoms with Crippen molar-refractivity contribution in [1.82, 2.24) is 5.32 Å². The summed E-state index contributed by atoms with van der Waals surface area (Å²) in [5, 5.41) is 3.52. The van der Waals surface area contributed by atoms with Crippen molar-refractivity contribution in [3.8, 4) is 11.8 Å². The molecule has 1 aliphatic carbocycles. The quantitative estimate of drug-likeness (QED) is 0.497. The highest BCUT2D eigenvalue weighted by Crippen LogP contribution is 2.29. The lowest BCUT2D eigenvalue weighted by Crippen LogP contribution is -2.37. The molecule has 1 saturated carbocycles. The zero-order valence-electron chi connectivity index (χ0n) is 8.19. The van der Waals surface area contributed by atoms with Crippen molar-refractivity contribution in [2.75, 3.05) is 6.54 Å². The van der Waals surface area contributed by atoms with Crippen LogP contribution < -0.4 is 5.32 Å². The largest absolute Gasteiger partial charge is 0.313 e. The summed E-state index contributed by atoms with van der Waals surface area (Å²) in [6.45, 7) is 5.25. The van der Waals surface area contributed by atoms with Crippen LogP contribution in [0.15, 0.2) is 0 Å². The Balaban J connectivity index is 2.00. The van der Waals surface area contributed by atoms with Gasteiger partial charge in [0.15, 0.2) is 0 Å². The van der Waals surface area contributed by atoms with Crippen LogP contribution in [-0.4, -0.2) is 12.6 Å². The van der Waals surface area contributed by atoms with Crippen LogP contribution in [0.25, 0.3) is 0 Å². The van der Waals surface area contributed by atoms with Gasteiger partial charge in [0.25, 0.3) is 0 Å². The van der Waals surface area contributed by atoms with E-state index < -0.39 is 0 Å². The molecule has 0 aromatic carbocycles. The highest BCUT2D eigenvalue weighted by Gasteiger charge is 2.22. The maximum Gasteiger partial charge on any atom is 0.0214 e. The monoisotopic (exact) mass is 165 g/mol. The molecule has 1 nitrogen and oxygen atoms in total. The number of nitrogens with one attached hydrogen (secondary N) is 1. The van der Waals surface area contributed by atoms with E-state index in [-0.39, 0.29) is 0 Å². The molecule has 0 radical (unpaired) electrons. The second kappa shape index (κ2) is 5.22. The van der Waals surface area contributed by atoms with Gasteiger partial charge in [-0.25, -0.2) is 0 Å². The molecule has 1 unspecified atom stereocenters.